The predicted octanol–water partition coefficient (Wildman–Crippen LogP) is 1.97. The molecule has 0 fully saturated rings. The van der Waals surface area contributed by atoms with Crippen LogP contribution < -0.4 is 5.73 Å². The number of imidazole rings is 1. The summed E-state index contributed by atoms with van der Waals surface area (Å²) in [5.41, 5.74) is 7.38. The fourth-order valence-corrected chi connectivity index (χ4v) is 2.14. The van der Waals surface area contributed by atoms with E-state index in [1.54, 1.807) is 6.07 Å². The standard InChI is InChI=1S/C14H21FN4/c1-14(2,16)9-19-12-6-5-10(15)7-11(12)17-13(19)8-18(3)4/h5-7H,8-9,16H2,1-4H3. The molecule has 104 valence electrons. The second kappa shape index (κ2) is 4.90. The largest absolute Gasteiger partial charge is 0.325 e. The molecule has 0 bridgehead atoms. The number of hydrogen-bond donors (Lipinski definition) is 1. The molecule has 5 heteroatoms. The average Bonchev–Trinajstić information content (AvgIpc) is 2.52. The Morgan fingerprint density at radius 3 is 2.63 bits per heavy atom. The number of benzene rings is 1. The first-order chi connectivity index (χ1) is 8.76. The molecular formula is C14H21FN4. The van der Waals surface area contributed by atoms with Crippen LogP contribution >= 0.6 is 0 Å². The average molecular weight is 264 g/mol. The number of halogens is 1. The van der Waals surface area contributed by atoms with Gasteiger partial charge >= 0.3 is 0 Å². The van der Waals surface area contributed by atoms with Gasteiger partial charge in [-0.25, -0.2) is 9.37 Å². The third kappa shape index (κ3) is 3.30. The van der Waals surface area contributed by atoms with E-state index in [9.17, 15) is 4.39 Å². The molecule has 4 nitrogen and oxygen atoms in total. The van der Waals surface area contributed by atoms with Crippen LogP contribution in [-0.2, 0) is 13.1 Å². The van der Waals surface area contributed by atoms with E-state index in [1.165, 1.54) is 12.1 Å². The van der Waals surface area contributed by atoms with Crippen LogP contribution in [0.3, 0.4) is 0 Å². The molecule has 0 unspecified atom stereocenters. The van der Waals surface area contributed by atoms with Gasteiger partial charge in [0.15, 0.2) is 0 Å². The molecule has 1 heterocycles. The fourth-order valence-electron chi connectivity index (χ4n) is 2.14. The minimum Gasteiger partial charge on any atom is -0.325 e. The van der Waals surface area contributed by atoms with Gasteiger partial charge in [0.25, 0.3) is 0 Å². The molecule has 0 amide bonds. The van der Waals surface area contributed by atoms with E-state index in [1.807, 2.05) is 32.8 Å². The summed E-state index contributed by atoms with van der Waals surface area (Å²) in [5.74, 6) is 0.643. The van der Waals surface area contributed by atoms with Crippen molar-refractivity contribution >= 4 is 11.0 Å². The van der Waals surface area contributed by atoms with Crippen molar-refractivity contribution in [3.63, 3.8) is 0 Å². The van der Waals surface area contributed by atoms with Crippen molar-refractivity contribution in [1.82, 2.24) is 14.5 Å². The molecule has 1 aromatic carbocycles. The molecule has 0 spiro atoms. The maximum absolute atomic E-state index is 13.3. The minimum atomic E-state index is -0.344. The maximum atomic E-state index is 13.3. The quantitative estimate of drug-likeness (QED) is 0.918. The predicted molar refractivity (Wildman–Crippen MR) is 75.3 cm³/mol. The molecule has 0 saturated heterocycles. The van der Waals surface area contributed by atoms with Gasteiger partial charge in [0, 0.05) is 18.2 Å². The van der Waals surface area contributed by atoms with Crippen molar-refractivity contribution in [2.24, 2.45) is 5.73 Å². The van der Waals surface area contributed by atoms with E-state index < -0.39 is 0 Å². The van der Waals surface area contributed by atoms with E-state index in [0.29, 0.717) is 18.6 Å². The van der Waals surface area contributed by atoms with Crippen molar-refractivity contribution in [3.05, 3.63) is 29.8 Å². The summed E-state index contributed by atoms with van der Waals surface area (Å²) >= 11 is 0. The van der Waals surface area contributed by atoms with E-state index >= 15 is 0 Å². The molecule has 0 saturated carbocycles. The Morgan fingerprint density at radius 1 is 1.37 bits per heavy atom. The van der Waals surface area contributed by atoms with E-state index in [0.717, 1.165) is 11.3 Å². The molecule has 2 N–H and O–H groups in total. The first-order valence-corrected chi connectivity index (χ1v) is 6.34. The molecular weight excluding hydrogens is 243 g/mol. The Bertz CT molecular complexity index is 581. The zero-order valence-electron chi connectivity index (χ0n) is 11.9. The third-order valence-corrected chi connectivity index (χ3v) is 2.81. The number of fused-ring (bicyclic) bond motifs is 1. The molecule has 0 radical (unpaired) electrons. The van der Waals surface area contributed by atoms with Gasteiger partial charge in [-0.2, -0.15) is 0 Å². The lowest BCUT2D eigenvalue weighted by Crippen LogP contribution is -2.37. The summed E-state index contributed by atoms with van der Waals surface area (Å²) in [6.07, 6.45) is 0. The van der Waals surface area contributed by atoms with Crippen molar-refractivity contribution in [1.29, 1.82) is 0 Å². The number of nitrogens with zero attached hydrogens (tertiary/aromatic N) is 3. The van der Waals surface area contributed by atoms with Crippen LogP contribution in [0, 0.1) is 5.82 Å². The van der Waals surface area contributed by atoms with Crippen molar-refractivity contribution in [2.75, 3.05) is 14.1 Å². The minimum absolute atomic E-state index is 0.263. The summed E-state index contributed by atoms with van der Waals surface area (Å²) in [4.78, 5) is 6.56. The van der Waals surface area contributed by atoms with Crippen molar-refractivity contribution < 1.29 is 4.39 Å². The number of aromatic nitrogens is 2. The van der Waals surface area contributed by atoms with Crippen LogP contribution in [0.1, 0.15) is 19.7 Å². The van der Waals surface area contributed by atoms with E-state index in [2.05, 4.69) is 9.55 Å². The SMILES string of the molecule is CN(C)Cc1nc2cc(F)ccc2n1CC(C)(C)N. The Kier molecular flexibility index (Phi) is 3.60. The fraction of sp³-hybridized carbons (Fsp3) is 0.500. The molecule has 0 atom stereocenters. The normalized spacial score (nSPS) is 12.6. The lowest BCUT2D eigenvalue weighted by Gasteiger charge is -2.22. The van der Waals surface area contributed by atoms with E-state index in [-0.39, 0.29) is 11.4 Å². The summed E-state index contributed by atoms with van der Waals surface area (Å²) in [7, 11) is 3.97. The van der Waals surface area contributed by atoms with Gasteiger partial charge in [0.2, 0.25) is 0 Å². The maximum Gasteiger partial charge on any atom is 0.125 e. The summed E-state index contributed by atoms with van der Waals surface area (Å²) < 4.78 is 15.4. The molecule has 2 aromatic rings. The Hall–Kier alpha value is -1.46. The number of hydrogen-bond acceptors (Lipinski definition) is 3. The number of nitrogens with two attached hydrogens (primary N) is 1. The van der Waals surface area contributed by atoms with Crippen LogP contribution in [0.15, 0.2) is 18.2 Å². The Balaban J connectivity index is 2.54. The van der Waals surface area contributed by atoms with Gasteiger partial charge in [-0.3, -0.25) is 0 Å². The van der Waals surface area contributed by atoms with Gasteiger partial charge in [-0.05, 0) is 40.1 Å². The highest BCUT2D eigenvalue weighted by atomic mass is 19.1. The zero-order chi connectivity index (χ0) is 14.2. The van der Waals surface area contributed by atoms with Gasteiger partial charge in [0.05, 0.1) is 17.6 Å². The van der Waals surface area contributed by atoms with Crippen LogP contribution in [0.4, 0.5) is 4.39 Å². The van der Waals surface area contributed by atoms with Crippen molar-refractivity contribution in [3.8, 4) is 0 Å². The van der Waals surface area contributed by atoms with Crippen LogP contribution in [-0.4, -0.2) is 34.1 Å². The first kappa shape index (κ1) is 14.0. The lowest BCUT2D eigenvalue weighted by atomic mass is 10.1. The lowest BCUT2D eigenvalue weighted by molar-refractivity contribution is 0.365. The highest BCUT2D eigenvalue weighted by Gasteiger charge is 2.18. The molecule has 1 aromatic heterocycles. The monoisotopic (exact) mass is 264 g/mol. The van der Waals surface area contributed by atoms with Crippen LogP contribution in [0.25, 0.3) is 11.0 Å². The summed E-state index contributed by atoms with van der Waals surface area (Å²) in [6.45, 7) is 5.30. The van der Waals surface area contributed by atoms with Crippen LogP contribution in [0.2, 0.25) is 0 Å². The Labute approximate surface area is 113 Å². The highest BCUT2D eigenvalue weighted by molar-refractivity contribution is 5.76. The van der Waals surface area contributed by atoms with Gasteiger partial charge in [-0.15, -0.1) is 0 Å². The zero-order valence-corrected chi connectivity index (χ0v) is 11.9. The molecule has 19 heavy (non-hydrogen) atoms. The van der Waals surface area contributed by atoms with Crippen LogP contribution in [0.5, 0.6) is 0 Å². The molecule has 2 rings (SSSR count). The van der Waals surface area contributed by atoms with E-state index in [4.69, 9.17) is 5.73 Å². The molecule has 0 aliphatic heterocycles. The highest BCUT2D eigenvalue weighted by Crippen LogP contribution is 2.20. The second-order valence-electron chi connectivity index (χ2n) is 5.97. The third-order valence-electron chi connectivity index (χ3n) is 2.81. The summed E-state index contributed by atoms with van der Waals surface area (Å²) in [6, 6.07) is 4.69. The smallest absolute Gasteiger partial charge is 0.125 e. The van der Waals surface area contributed by atoms with Crippen molar-refractivity contribution in [2.45, 2.75) is 32.5 Å². The van der Waals surface area contributed by atoms with Gasteiger partial charge < -0.3 is 15.2 Å². The second-order valence-corrected chi connectivity index (χ2v) is 5.97. The topological polar surface area (TPSA) is 47.1 Å². The molecule has 0 aliphatic rings. The van der Waals surface area contributed by atoms with Gasteiger partial charge in [0.1, 0.15) is 11.6 Å². The van der Waals surface area contributed by atoms with Gasteiger partial charge in [-0.1, -0.05) is 0 Å². The first-order valence-electron chi connectivity index (χ1n) is 6.34. The molecule has 0 aliphatic carbocycles. The summed E-state index contributed by atoms with van der Waals surface area (Å²) in [5, 5.41) is 0. The Morgan fingerprint density at radius 2 is 2.05 bits per heavy atom. The number of rotatable bonds is 4.